The largest absolute Gasteiger partial charge is 0.354 e. The minimum atomic E-state index is -0.349. The first-order valence-corrected chi connectivity index (χ1v) is 5.99. The van der Waals surface area contributed by atoms with Crippen molar-refractivity contribution in [2.45, 2.75) is 6.29 Å². The van der Waals surface area contributed by atoms with Crippen LogP contribution < -0.4 is 5.32 Å². The van der Waals surface area contributed by atoms with Gasteiger partial charge in [0.25, 0.3) is 0 Å². The predicted octanol–water partition coefficient (Wildman–Crippen LogP) is 1.08. The van der Waals surface area contributed by atoms with Crippen molar-refractivity contribution in [3.05, 3.63) is 24.3 Å². The highest BCUT2D eigenvalue weighted by Gasteiger charge is 2.25. The molecule has 1 atom stereocenters. The van der Waals surface area contributed by atoms with Crippen LogP contribution in [0.2, 0.25) is 0 Å². The summed E-state index contributed by atoms with van der Waals surface area (Å²) in [6, 6.07) is 0. The monoisotopic (exact) mass is 265 g/mol. The van der Waals surface area contributed by atoms with Crippen molar-refractivity contribution in [1.29, 1.82) is 0 Å². The van der Waals surface area contributed by atoms with Gasteiger partial charge in [-0.2, -0.15) is 0 Å². The van der Waals surface area contributed by atoms with Crippen molar-refractivity contribution in [2.75, 3.05) is 20.8 Å². The third-order valence-electron chi connectivity index (χ3n) is 2.70. The van der Waals surface area contributed by atoms with Crippen molar-refractivity contribution >= 4 is 28.9 Å². The molecular weight excluding hydrogens is 250 g/mol. The summed E-state index contributed by atoms with van der Waals surface area (Å²) < 4.78 is 10.2. The van der Waals surface area contributed by atoms with E-state index >= 15 is 0 Å². The molecule has 1 N–H and O–H groups in total. The molecule has 1 unspecified atom stereocenters. The molecule has 0 fully saturated rings. The summed E-state index contributed by atoms with van der Waals surface area (Å²) in [6.07, 6.45) is 7.53. The lowest BCUT2D eigenvalue weighted by molar-refractivity contribution is -0.0937. The van der Waals surface area contributed by atoms with Crippen molar-refractivity contribution < 1.29 is 9.47 Å². The second-order valence-corrected chi connectivity index (χ2v) is 4.20. The van der Waals surface area contributed by atoms with Gasteiger partial charge in [-0.3, -0.25) is 4.99 Å². The number of fused-ring (bicyclic) bond motifs is 1. The molecule has 0 aromatic heterocycles. The summed E-state index contributed by atoms with van der Waals surface area (Å²) in [6.45, 7) is 0.416. The Morgan fingerprint density at radius 3 is 2.94 bits per heavy atom. The van der Waals surface area contributed by atoms with Crippen molar-refractivity contribution in [1.82, 2.24) is 5.32 Å². The number of hydrogen-bond donors (Lipinski definition) is 1. The molecule has 0 amide bonds. The number of hydrogen-bond acceptors (Lipinski definition) is 4. The number of amidine groups is 1. The zero-order valence-corrected chi connectivity index (χ0v) is 11.1. The molecule has 5 nitrogen and oxygen atoms in total. The van der Waals surface area contributed by atoms with E-state index in [1.54, 1.807) is 14.2 Å². The van der Waals surface area contributed by atoms with E-state index in [4.69, 9.17) is 21.7 Å². The molecule has 0 spiro atoms. The van der Waals surface area contributed by atoms with E-state index in [1.165, 1.54) is 0 Å². The van der Waals surface area contributed by atoms with Crippen LogP contribution in [0.1, 0.15) is 0 Å². The molecule has 6 heteroatoms. The second-order valence-electron chi connectivity index (χ2n) is 3.82. The molecule has 0 radical (unpaired) electrons. The topological polar surface area (TPSA) is 55.2 Å². The van der Waals surface area contributed by atoms with Gasteiger partial charge in [0.15, 0.2) is 11.4 Å². The van der Waals surface area contributed by atoms with Crippen LogP contribution in [0.15, 0.2) is 34.3 Å². The first-order valence-electron chi connectivity index (χ1n) is 5.59. The molecule has 2 aliphatic rings. The van der Waals surface area contributed by atoms with Gasteiger partial charge in [-0.05, 0) is 18.3 Å². The van der Waals surface area contributed by atoms with Crippen LogP contribution in [0.5, 0.6) is 0 Å². The van der Waals surface area contributed by atoms with Gasteiger partial charge in [0.2, 0.25) is 0 Å². The zero-order valence-electron chi connectivity index (χ0n) is 10.3. The maximum Gasteiger partial charge on any atom is 0.198 e. The van der Waals surface area contributed by atoms with E-state index in [0.29, 0.717) is 11.7 Å². The maximum absolute atomic E-state index is 5.10. The fourth-order valence-electron chi connectivity index (χ4n) is 1.76. The Morgan fingerprint density at radius 1 is 1.44 bits per heavy atom. The third-order valence-corrected chi connectivity index (χ3v) is 2.89. The van der Waals surface area contributed by atoms with E-state index in [0.717, 1.165) is 11.5 Å². The Bertz CT molecular complexity index is 450. The molecule has 1 heterocycles. The van der Waals surface area contributed by atoms with Crippen molar-refractivity contribution in [2.24, 2.45) is 15.9 Å². The average Bonchev–Trinajstić information content (AvgIpc) is 2.39. The lowest BCUT2D eigenvalue weighted by Crippen LogP contribution is -2.42. The van der Waals surface area contributed by atoms with E-state index in [9.17, 15) is 0 Å². The first-order chi connectivity index (χ1) is 8.74. The number of nitrogens with zero attached hydrogens (tertiary/aromatic N) is 2. The van der Waals surface area contributed by atoms with Crippen LogP contribution in [-0.2, 0) is 9.47 Å². The van der Waals surface area contributed by atoms with Gasteiger partial charge in [0, 0.05) is 14.2 Å². The molecule has 0 bridgehead atoms. The number of aliphatic imine (C=N–C) groups is 2. The van der Waals surface area contributed by atoms with Gasteiger partial charge in [-0.25, -0.2) is 4.99 Å². The highest BCUT2D eigenvalue weighted by Crippen LogP contribution is 2.15. The summed E-state index contributed by atoms with van der Waals surface area (Å²) in [7, 11) is 3.17. The highest BCUT2D eigenvalue weighted by molar-refractivity contribution is 7.80. The highest BCUT2D eigenvalue weighted by atomic mass is 32.1. The third kappa shape index (κ3) is 2.90. The summed E-state index contributed by atoms with van der Waals surface area (Å²) in [4.78, 5) is 8.74. The fraction of sp³-hybridized carbons (Fsp3) is 0.417. The molecule has 18 heavy (non-hydrogen) atoms. The molecule has 1 aliphatic carbocycles. The summed E-state index contributed by atoms with van der Waals surface area (Å²) in [5, 5.41) is 3.45. The van der Waals surface area contributed by atoms with E-state index in [2.05, 4.69) is 15.3 Å². The Labute approximate surface area is 111 Å². The molecule has 96 valence electrons. The minimum Gasteiger partial charge on any atom is -0.354 e. The first kappa shape index (κ1) is 13.1. The summed E-state index contributed by atoms with van der Waals surface area (Å²) in [5.74, 6) is 0.820. The van der Waals surface area contributed by atoms with E-state index in [1.807, 2.05) is 24.3 Å². The minimum absolute atomic E-state index is 0.0380. The molecule has 0 saturated heterocycles. The van der Waals surface area contributed by atoms with Crippen LogP contribution in [-0.4, -0.2) is 43.7 Å². The van der Waals surface area contributed by atoms with Crippen LogP contribution >= 0.6 is 12.2 Å². The van der Waals surface area contributed by atoms with Crippen molar-refractivity contribution in [3.8, 4) is 0 Å². The lowest BCUT2D eigenvalue weighted by Gasteiger charge is -2.24. The number of thiocarbonyl (C=S) groups is 1. The van der Waals surface area contributed by atoms with Gasteiger partial charge in [-0.15, -0.1) is 0 Å². The average molecular weight is 265 g/mol. The molecule has 0 saturated carbocycles. The predicted molar refractivity (Wildman–Crippen MR) is 75.0 cm³/mol. The van der Waals surface area contributed by atoms with Crippen LogP contribution in [0.3, 0.4) is 0 Å². The molecule has 0 aromatic rings. The Kier molecular flexibility index (Phi) is 4.35. The van der Waals surface area contributed by atoms with Gasteiger partial charge in [-0.1, -0.05) is 18.2 Å². The van der Waals surface area contributed by atoms with E-state index < -0.39 is 0 Å². The lowest BCUT2D eigenvalue weighted by atomic mass is 9.96. The zero-order chi connectivity index (χ0) is 13.0. The normalized spacial score (nSPS) is 24.2. The van der Waals surface area contributed by atoms with Gasteiger partial charge < -0.3 is 14.8 Å². The Morgan fingerprint density at radius 2 is 2.22 bits per heavy atom. The number of methoxy groups -OCH3 is 2. The maximum atomic E-state index is 5.10. The summed E-state index contributed by atoms with van der Waals surface area (Å²) in [5.41, 5.74) is 0.909. The van der Waals surface area contributed by atoms with Crippen LogP contribution in [0.25, 0.3) is 0 Å². The smallest absolute Gasteiger partial charge is 0.198 e. The molecule has 2 rings (SSSR count). The number of ether oxygens (including phenoxy) is 2. The number of nitrogens with one attached hydrogen (secondary N) is 1. The molecule has 1 aliphatic heterocycles. The van der Waals surface area contributed by atoms with Crippen LogP contribution in [0, 0.1) is 5.92 Å². The Hall–Kier alpha value is -1.37. The van der Waals surface area contributed by atoms with Crippen LogP contribution in [0.4, 0.5) is 0 Å². The van der Waals surface area contributed by atoms with E-state index in [-0.39, 0.29) is 12.2 Å². The summed E-state index contributed by atoms with van der Waals surface area (Å²) >= 11 is 5.09. The number of allylic oxidation sites excluding steroid dienone is 3. The van der Waals surface area contributed by atoms with Crippen molar-refractivity contribution in [3.63, 3.8) is 0 Å². The fourth-order valence-corrected chi connectivity index (χ4v) is 1.97. The number of rotatable bonds is 4. The van der Waals surface area contributed by atoms with Gasteiger partial charge in [0.1, 0.15) is 5.84 Å². The molecule has 0 aromatic carbocycles. The standard InChI is InChI=1S/C12H15N3O2S/c1-16-10(17-2)7-13-11-8-5-3-4-6-9(8)14-12(18)15-11/h3-6,8,10H,7H2,1-2H3,(H,13,15,18). The molecular formula is C12H15N3O2S. The second kappa shape index (κ2) is 5.99. The van der Waals surface area contributed by atoms with Gasteiger partial charge in [0.05, 0.1) is 18.2 Å². The quantitative estimate of drug-likeness (QED) is 0.610. The SMILES string of the molecule is COC(CN=C1NC(=S)N=C2C=CC=CC21)OC. The van der Waals surface area contributed by atoms with Gasteiger partial charge >= 0.3 is 0 Å². The Balaban J connectivity index is 2.15.